The summed E-state index contributed by atoms with van der Waals surface area (Å²) in [6.45, 7) is -0.701. The Hall–Kier alpha value is -3.92. The van der Waals surface area contributed by atoms with E-state index in [2.05, 4.69) is 5.32 Å². The predicted octanol–water partition coefficient (Wildman–Crippen LogP) is 7.03. The average molecular weight is 683 g/mol. The second kappa shape index (κ2) is 15.1. The summed E-state index contributed by atoms with van der Waals surface area (Å²) in [6, 6.07) is 26.0. The van der Waals surface area contributed by atoms with Gasteiger partial charge in [0.05, 0.1) is 20.6 Å². The summed E-state index contributed by atoms with van der Waals surface area (Å²) in [7, 11) is -4.28. The number of hydrogen-bond donors (Lipinski definition) is 1. The second-order valence-electron chi connectivity index (χ2n) is 11.3. The fourth-order valence-corrected chi connectivity index (χ4v) is 7.32. The van der Waals surface area contributed by atoms with E-state index in [9.17, 15) is 22.4 Å². The summed E-state index contributed by atoms with van der Waals surface area (Å²) in [6.07, 6.45) is 3.88. The molecule has 0 unspecified atom stereocenters. The van der Waals surface area contributed by atoms with Crippen molar-refractivity contribution in [2.75, 3.05) is 10.8 Å². The van der Waals surface area contributed by atoms with E-state index in [1.54, 1.807) is 30.3 Å². The fourth-order valence-electron chi connectivity index (χ4n) is 5.60. The molecule has 1 fully saturated rings. The van der Waals surface area contributed by atoms with Crippen molar-refractivity contribution in [2.45, 2.75) is 55.6 Å². The molecule has 0 aliphatic heterocycles. The Labute approximate surface area is 279 Å². The van der Waals surface area contributed by atoms with Crippen molar-refractivity contribution in [1.82, 2.24) is 10.2 Å². The summed E-state index contributed by atoms with van der Waals surface area (Å²) in [4.78, 5) is 29.9. The van der Waals surface area contributed by atoms with Gasteiger partial charge < -0.3 is 10.2 Å². The third kappa shape index (κ3) is 8.26. The van der Waals surface area contributed by atoms with Crippen molar-refractivity contribution in [3.05, 3.63) is 130 Å². The van der Waals surface area contributed by atoms with E-state index in [1.165, 1.54) is 47.4 Å². The number of amides is 2. The van der Waals surface area contributed by atoms with Gasteiger partial charge in [0.25, 0.3) is 10.0 Å². The van der Waals surface area contributed by atoms with Gasteiger partial charge in [0.1, 0.15) is 18.4 Å². The van der Waals surface area contributed by atoms with Gasteiger partial charge in [-0.05, 0) is 66.4 Å². The number of sulfonamides is 1. The molecule has 1 atom stereocenters. The Kier molecular flexibility index (Phi) is 11.0. The smallest absolute Gasteiger partial charge is 0.264 e. The molecule has 46 heavy (non-hydrogen) atoms. The van der Waals surface area contributed by atoms with Crippen molar-refractivity contribution < 1.29 is 22.4 Å². The van der Waals surface area contributed by atoms with Crippen molar-refractivity contribution >= 4 is 50.7 Å². The minimum Gasteiger partial charge on any atom is -0.352 e. The molecule has 1 N–H and O–H groups in total. The van der Waals surface area contributed by atoms with Crippen LogP contribution >= 0.6 is 23.2 Å². The van der Waals surface area contributed by atoms with Crippen LogP contribution in [-0.2, 0) is 32.6 Å². The number of nitrogens with one attached hydrogen (secondary N) is 1. The molecule has 11 heteroatoms. The van der Waals surface area contributed by atoms with Gasteiger partial charge in [0.2, 0.25) is 11.8 Å². The highest BCUT2D eigenvalue weighted by molar-refractivity contribution is 7.92. The SMILES string of the molecule is O=C(NC1CCCC1)[C@H](Cc1ccccc1)N(Cc1ccc(F)cc1)C(=O)CN(c1ccc(Cl)c(Cl)c1)S(=O)(=O)c1ccccc1. The number of anilines is 1. The van der Waals surface area contributed by atoms with Crippen LogP contribution in [0.4, 0.5) is 10.1 Å². The van der Waals surface area contributed by atoms with Crippen molar-refractivity contribution in [3.8, 4) is 0 Å². The Bertz CT molecular complexity index is 1750. The molecule has 1 saturated carbocycles. The molecule has 5 rings (SSSR count). The first kappa shape index (κ1) is 33.4. The van der Waals surface area contributed by atoms with Gasteiger partial charge >= 0.3 is 0 Å². The minimum absolute atomic E-state index is 0.0142. The van der Waals surface area contributed by atoms with Crippen LogP contribution in [0.1, 0.15) is 36.8 Å². The zero-order chi connectivity index (χ0) is 32.7. The first-order valence-electron chi connectivity index (χ1n) is 15.0. The molecule has 0 radical (unpaired) electrons. The van der Waals surface area contributed by atoms with Gasteiger partial charge in [0.15, 0.2) is 0 Å². The zero-order valence-electron chi connectivity index (χ0n) is 25.0. The summed E-state index contributed by atoms with van der Waals surface area (Å²) in [5, 5.41) is 3.46. The van der Waals surface area contributed by atoms with Gasteiger partial charge in [-0.1, -0.05) is 96.7 Å². The highest BCUT2D eigenvalue weighted by Gasteiger charge is 2.35. The van der Waals surface area contributed by atoms with Gasteiger partial charge in [0, 0.05) is 19.0 Å². The number of nitrogens with zero attached hydrogens (tertiary/aromatic N) is 2. The van der Waals surface area contributed by atoms with Crippen LogP contribution in [0.15, 0.2) is 108 Å². The molecule has 0 bridgehead atoms. The highest BCUT2D eigenvalue weighted by atomic mass is 35.5. The first-order chi connectivity index (χ1) is 22.1. The maximum atomic E-state index is 14.5. The fraction of sp³-hybridized carbons (Fsp3) is 0.257. The van der Waals surface area contributed by atoms with Gasteiger partial charge in [-0.3, -0.25) is 13.9 Å². The minimum atomic E-state index is -4.28. The topological polar surface area (TPSA) is 86.8 Å². The molecule has 1 aliphatic carbocycles. The van der Waals surface area contributed by atoms with Gasteiger partial charge in [-0.2, -0.15) is 0 Å². The van der Waals surface area contributed by atoms with E-state index in [-0.39, 0.29) is 45.5 Å². The van der Waals surface area contributed by atoms with Crippen LogP contribution in [0.3, 0.4) is 0 Å². The molecule has 0 heterocycles. The number of rotatable bonds is 12. The van der Waals surface area contributed by atoms with E-state index in [0.717, 1.165) is 35.6 Å². The van der Waals surface area contributed by atoms with Crippen LogP contribution in [0, 0.1) is 5.82 Å². The molecule has 0 saturated heterocycles. The van der Waals surface area contributed by atoms with E-state index in [4.69, 9.17) is 23.2 Å². The van der Waals surface area contributed by atoms with Crippen molar-refractivity contribution in [3.63, 3.8) is 0 Å². The van der Waals surface area contributed by atoms with E-state index in [1.807, 2.05) is 30.3 Å². The van der Waals surface area contributed by atoms with Crippen LogP contribution in [0.2, 0.25) is 10.0 Å². The van der Waals surface area contributed by atoms with Crippen LogP contribution in [0.5, 0.6) is 0 Å². The number of hydrogen-bond acceptors (Lipinski definition) is 4. The molecule has 240 valence electrons. The molecule has 0 aromatic heterocycles. The summed E-state index contributed by atoms with van der Waals surface area (Å²) < 4.78 is 43.0. The maximum Gasteiger partial charge on any atom is 0.264 e. The van der Waals surface area contributed by atoms with Gasteiger partial charge in [-0.15, -0.1) is 0 Å². The predicted molar refractivity (Wildman–Crippen MR) is 179 cm³/mol. The molecular formula is C35H34Cl2FN3O4S. The maximum absolute atomic E-state index is 14.5. The molecule has 2 amide bonds. The zero-order valence-corrected chi connectivity index (χ0v) is 27.3. The Balaban J connectivity index is 1.57. The quantitative estimate of drug-likeness (QED) is 0.174. The second-order valence-corrected chi connectivity index (χ2v) is 13.9. The molecule has 4 aromatic rings. The van der Waals surface area contributed by atoms with Crippen molar-refractivity contribution in [1.29, 1.82) is 0 Å². The van der Waals surface area contributed by atoms with Crippen LogP contribution in [-0.4, -0.2) is 43.8 Å². The third-order valence-electron chi connectivity index (χ3n) is 8.04. The largest absolute Gasteiger partial charge is 0.352 e. The van der Waals surface area contributed by atoms with E-state index in [0.29, 0.717) is 5.56 Å². The molecule has 4 aromatic carbocycles. The summed E-state index contributed by atoms with van der Waals surface area (Å²) in [5.74, 6) is -1.41. The Morgan fingerprint density at radius 3 is 2.09 bits per heavy atom. The lowest BCUT2D eigenvalue weighted by Crippen LogP contribution is -2.54. The Morgan fingerprint density at radius 1 is 0.826 bits per heavy atom. The average Bonchev–Trinajstić information content (AvgIpc) is 3.57. The van der Waals surface area contributed by atoms with Crippen molar-refractivity contribution in [2.24, 2.45) is 0 Å². The summed E-state index contributed by atoms with van der Waals surface area (Å²) in [5.41, 5.74) is 1.53. The number of carbonyl (C=O) groups excluding carboxylic acids is 2. The number of carbonyl (C=O) groups is 2. The molecule has 1 aliphatic rings. The molecular weight excluding hydrogens is 648 g/mol. The van der Waals surface area contributed by atoms with E-state index < -0.39 is 34.3 Å². The number of benzene rings is 4. The lowest BCUT2D eigenvalue weighted by atomic mass is 10.0. The molecule has 0 spiro atoms. The normalized spacial score (nSPS) is 14.1. The van der Waals surface area contributed by atoms with Crippen LogP contribution in [0.25, 0.3) is 0 Å². The van der Waals surface area contributed by atoms with E-state index >= 15 is 0 Å². The standard InChI is InChI=1S/C35H34Cl2FN3O4S/c36-31-20-19-29(22-32(31)37)41(46(44,45)30-13-5-2-6-14-30)24-34(42)40(23-26-15-17-27(38)18-16-26)33(21-25-9-3-1-4-10-25)35(43)39-28-11-7-8-12-28/h1-6,9-10,13-20,22,28,33H,7-8,11-12,21,23-24H2,(H,39,43)/t33-/m0/s1. The Morgan fingerprint density at radius 2 is 1.46 bits per heavy atom. The monoisotopic (exact) mass is 681 g/mol. The number of halogens is 3. The summed E-state index contributed by atoms with van der Waals surface area (Å²) >= 11 is 12.5. The third-order valence-corrected chi connectivity index (χ3v) is 10.6. The van der Waals surface area contributed by atoms with Gasteiger partial charge in [-0.25, -0.2) is 12.8 Å². The lowest BCUT2D eigenvalue weighted by molar-refractivity contribution is -0.140. The lowest BCUT2D eigenvalue weighted by Gasteiger charge is -2.34. The van der Waals surface area contributed by atoms with Crippen LogP contribution < -0.4 is 9.62 Å². The first-order valence-corrected chi connectivity index (χ1v) is 17.2. The molecule has 7 nitrogen and oxygen atoms in total. The highest BCUT2D eigenvalue weighted by Crippen LogP contribution is 2.31.